The molecule has 15 heavy (non-hydrogen) atoms. The smallest absolute Gasteiger partial charge is 0.0769 e. The van der Waals surface area contributed by atoms with Crippen LogP contribution in [-0.4, -0.2) is 29.5 Å². The summed E-state index contributed by atoms with van der Waals surface area (Å²) in [5, 5.41) is 11.4. The fraction of sp³-hybridized carbons (Fsp3) is 0.636. The fourth-order valence-corrected chi connectivity index (χ4v) is 1.78. The molecule has 1 fully saturated rings. The van der Waals surface area contributed by atoms with Crippen molar-refractivity contribution in [2.75, 3.05) is 13.2 Å². The van der Waals surface area contributed by atoms with Crippen LogP contribution >= 0.6 is 0 Å². The normalized spacial score (nSPS) is 22.3. The Morgan fingerprint density at radius 1 is 1.40 bits per heavy atom. The van der Waals surface area contributed by atoms with E-state index in [4.69, 9.17) is 4.74 Å². The standard InChI is InChI=1S/C11H17N3O/c1-3-11(14-13-6-1)9-12-10-4-2-7-15-8-5-10/h1,3,6,10,12H,2,4-5,7-9H2. The lowest BCUT2D eigenvalue weighted by Gasteiger charge is -2.14. The molecule has 1 aliphatic rings. The molecule has 1 unspecified atom stereocenters. The summed E-state index contributed by atoms with van der Waals surface area (Å²) in [7, 11) is 0. The highest BCUT2D eigenvalue weighted by Crippen LogP contribution is 2.08. The number of hydrogen-bond acceptors (Lipinski definition) is 4. The zero-order valence-electron chi connectivity index (χ0n) is 8.85. The number of rotatable bonds is 3. The van der Waals surface area contributed by atoms with Gasteiger partial charge in [-0.15, -0.1) is 0 Å². The molecule has 1 aromatic rings. The van der Waals surface area contributed by atoms with Gasteiger partial charge in [0.25, 0.3) is 0 Å². The Balaban J connectivity index is 1.77. The molecule has 0 bridgehead atoms. The predicted octanol–water partition coefficient (Wildman–Crippen LogP) is 1.14. The monoisotopic (exact) mass is 207 g/mol. The van der Waals surface area contributed by atoms with E-state index >= 15 is 0 Å². The first-order chi connectivity index (χ1) is 7.45. The lowest BCUT2D eigenvalue weighted by Crippen LogP contribution is -2.29. The van der Waals surface area contributed by atoms with Crippen LogP contribution in [0, 0.1) is 0 Å². The summed E-state index contributed by atoms with van der Waals surface area (Å²) >= 11 is 0. The van der Waals surface area contributed by atoms with Crippen LogP contribution < -0.4 is 5.32 Å². The summed E-state index contributed by atoms with van der Waals surface area (Å²) in [6, 6.07) is 4.47. The molecule has 0 aliphatic carbocycles. The third-order valence-corrected chi connectivity index (χ3v) is 2.65. The number of aromatic nitrogens is 2. The van der Waals surface area contributed by atoms with Gasteiger partial charge in [0.15, 0.2) is 0 Å². The van der Waals surface area contributed by atoms with Crippen molar-refractivity contribution in [1.82, 2.24) is 15.5 Å². The quantitative estimate of drug-likeness (QED) is 0.807. The van der Waals surface area contributed by atoms with Crippen molar-refractivity contribution in [3.63, 3.8) is 0 Å². The van der Waals surface area contributed by atoms with Gasteiger partial charge in [-0.1, -0.05) is 0 Å². The molecule has 2 heterocycles. The number of nitrogens with one attached hydrogen (secondary N) is 1. The minimum atomic E-state index is 0.564. The Labute approximate surface area is 90.1 Å². The highest BCUT2D eigenvalue weighted by Gasteiger charge is 2.11. The SMILES string of the molecule is c1cnnc(CNC2CCCOCC2)c1. The van der Waals surface area contributed by atoms with Crippen molar-refractivity contribution in [2.24, 2.45) is 0 Å². The van der Waals surface area contributed by atoms with Gasteiger partial charge in [-0.25, -0.2) is 0 Å². The van der Waals surface area contributed by atoms with Gasteiger partial charge in [0, 0.05) is 32.0 Å². The molecule has 0 saturated carbocycles. The maximum atomic E-state index is 5.41. The molecule has 1 atom stereocenters. The van der Waals surface area contributed by atoms with Crippen molar-refractivity contribution in [1.29, 1.82) is 0 Å². The largest absolute Gasteiger partial charge is 0.381 e. The van der Waals surface area contributed by atoms with E-state index in [2.05, 4.69) is 15.5 Å². The van der Waals surface area contributed by atoms with Crippen LogP contribution in [0.3, 0.4) is 0 Å². The molecule has 1 aromatic heterocycles. The van der Waals surface area contributed by atoms with Gasteiger partial charge in [-0.3, -0.25) is 0 Å². The maximum Gasteiger partial charge on any atom is 0.0769 e. The second-order valence-electron chi connectivity index (χ2n) is 3.84. The van der Waals surface area contributed by atoms with Gasteiger partial charge in [0.2, 0.25) is 0 Å². The van der Waals surface area contributed by atoms with Gasteiger partial charge >= 0.3 is 0 Å². The van der Waals surface area contributed by atoms with E-state index in [1.54, 1.807) is 6.20 Å². The van der Waals surface area contributed by atoms with Crippen LogP contribution in [0.5, 0.6) is 0 Å². The van der Waals surface area contributed by atoms with Crippen LogP contribution in [0.1, 0.15) is 25.0 Å². The number of hydrogen-bond donors (Lipinski definition) is 1. The Hall–Kier alpha value is -1.00. The van der Waals surface area contributed by atoms with Gasteiger partial charge in [-0.05, 0) is 31.4 Å². The van der Waals surface area contributed by atoms with E-state index in [9.17, 15) is 0 Å². The summed E-state index contributed by atoms with van der Waals surface area (Å²) in [6.07, 6.45) is 5.14. The molecule has 0 spiro atoms. The predicted molar refractivity (Wildman–Crippen MR) is 57.3 cm³/mol. The fourth-order valence-electron chi connectivity index (χ4n) is 1.78. The Morgan fingerprint density at radius 3 is 3.27 bits per heavy atom. The molecule has 4 heteroatoms. The molecule has 1 N–H and O–H groups in total. The van der Waals surface area contributed by atoms with E-state index in [0.717, 1.165) is 38.3 Å². The molecular formula is C11H17N3O. The second kappa shape index (κ2) is 5.78. The van der Waals surface area contributed by atoms with E-state index in [-0.39, 0.29) is 0 Å². The number of nitrogens with zero attached hydrogens (tertiary/aromatic N) is 2. The van der Waals surface area contributed by atoms with Crippen LogP contribution in [0.4, 0.5) is 0 Å². The average Bonchev–Trinajstić information content (AvgIpc) is 2.56. The minimum Gasteiger partial charge on any atom is -0.381 e. The maximum absolute atomic E-state index is 5.41. The first-order valence-corrected chi connectivity index (χ1v) is 5.53. The molecule has 4 nitrogen and oxygen atoms in total. The highest BCUT2D eigenvalue weighted by molar-refractivity contribution is 4.98. The van der Waals surface area contributed by atoms with E-state index in [1.165, 1.54) is 6.42 Å². The molecule has 82 valence electrons. The zero-order valence-corrected chi connectivity index (χ0v) is 8.85. The van der Waals surface area contributed by atoms with Crippen molar-refractivity contribution >= 4 is 0 Å². The van der Waals surface area contributed by atoms with Gasteiger partial charge in [0.1, 0.15) is 0 Å². The van der Waals surface area contributed by atoms with Crippen LogP contribution in [0.25, 0.3) is 0 Å². The summed E-state index contributed by atoms with van der Waals surface area (Å²) in [5.41, 5.74) is 1.00. The molecule has 2 rings (SSSR count). The summed E-state index contributed by atoms with van der Waals surface area (Å²) < 4.78 is 5.41. The second-order valence-corrected chi connectivity index (χ2v) is 3.84. The summed E-state index contributed by atoms with van der Waals surface area (Å²) in [6.45, 7) is 2.58. The Bertz CT molecular complexity index is 270. The Kier molecular flexibility index (Phi) is 4.05. The van der Waals surface area contributed by atoms with Crippen LogP contribution in [0.2, 0.25) is 0 Å². The summed E-state index contributed by atoms with van der Waals surface area (Å²) in [4.78, 5) is 0. The van der Waals surface area contributed by atoms with Crippen LogP contribution in [-0.2, 0) is 11.3 Å². The van der Waals surface area contributed by atoms with E-state index in [0.29, 0.717) is 6.04 Å². The topological polar surface area (TPSA) is 47.0 Å². The van der Waals surface area contributed by atoms with Crippen molar-refractivity contribution in [2.45, 2.75) is 31.8 Å². The highest BCUT2D eigenvalue weighted by atomic mass is 16.5. The molecule has 0 amide bonds. The van der Waals surface area contributed by atoms with Gasteiger partial charge in [0.05, 0.1) is 5.69 Å². The molecular weight excluding hydrogens is 190 g/mol. The molecule has 0 aromatic carbocycles. The lowest BCUT2D eigenvalue weighted by molar-refractivity contribution is 0.142. The number of ether oxygens (including phenoxy) is 1. The van der Waals surface area contributed by atoms with Gasteiger partial charge < -0.3 is 10.1 Å². The van der Waals surface area contributed by atoms with Crippen molar-refractivity contribution in [3.05, 3.63) is 24.0 Å². The first-order valence-electron chi connectivity index (χ1n) is 5.53. The third kappa shape index (κ3) is 3.57. The Morgan fingerprint density at radius 2 is 2.40 bits per heavy atom. The van der Waals surface area contributed by atoms with Gasteiger partial charge in [-0.2, -0.15) is 10.2 Å². The van der Waals surface area contributed by atoms with Crippen molar-refractivity contribution < 1.29 is 4.74 Å². The van der Waals surface area contributed by atoms with E-state index in [1.807, 2.05) is 12.1 Å². The minimum absolute atomic E-state index is 0.564. The van der Waals surface area contributed by atoms with Crippen LogP contribution in [0.15, 0.2) is 18.3 Å². The first kappa shape index (κ1) is 10.5. The zero-order chi connectivity index (χ0) is 10.3. The van der Waals surface area contributed by atoms with Crippen molar-refractivity contribution in [3.8, 4) is 0 Å². The summed E-state index contributed by atoms with van der Waals surface area (Å²) in [5.74, 6) is 0. The molecule has 1 aliphatic heterocycles. The average molecular weight is 207 g/mol. The molecule has 1 saturated heterocycles. The third-order valence-electron chi connectivity index (χ3n) is 2.65. The molecule has 0 radical (unpaired) electrons. The lowest BCUT2D eigenvalue weighted by atomic mass is 10.1. The van der Waals surface area contributed by atoms with E-state index < -0.39 is 0 Å².